The fourth-order valence-electron chi connectivity index (χ4n) is 1.78. The predicted octanol–water partition coefficient (Wildman–Crippen LogP) is 2.84. The molecule has 1 fully saturated rings. The highest BCUT2D eigenvalue weighted by Crippen LogP contribution is 2.34. The lowest BCUT2D eigenvalue weighted by Crippen LogP contribution is -2.37. The van der Waals surface area contributed by atoms with E-state index in [1.54, 1.807) is 0 Å². The Morgan fingerprint density at radius 2 is 1.85 bits per heavy atom. The standard InChI is InChI=1S/C9H17F2N.ClH/c1-2-5-9(10,11)8-3-6-12-7-4-8;/h8,12H,2-7H2,1H3;1H. The second kappa shape index (κ2) is 5.76. The van der Waals surface area contributed by atoms with Crippen LogP contribution < -0.4 is 5.32 Å². The zero-order valence-corrected chi connectivity index (χ0v) is 8.80. The van der Waals surface area contributed by atoms with Crippen molar-refractivity contribution in [2.75, 3.05) is 13.1 Å². The van der Waals surface area contributed by atoms with Crippen molar-refractivity contribution < 1.29 is 8.78 Å². The molecule has 1 saturated heterocycles. The van der Waals surface area contributed by atoms with Gasteiger partial charge >= 0.3 is 0 Å². The van der Waals surface area contributed by atoms with Crippen LogP contribution in [0.1, 0.15) is 32.6 Å². The van der Waals surface area contributed by atoms with Crippen LogP contribution in [0.25, 0.3) is 0 Å². The Morgan fingerprint density at radius 1 is 1.31 bits per heavy atom. The van der Waals surface area contributed by atoms with Crippen molar-refractivity contribution in [2.45, 2.75) is 38.5 Å². The van der Waals surface area contributed by atoms with E-state index in [1.807, 2.05) is 6.92 Å². The van der Waals surface area contributed by atoms with E-state index < -0.39 is 5.92 Å². The van der Waals surface area contributed by atoms with Crippen LogP contribution in [0.15, 0.2) is 0 Å². The lowest BCUT2D eigenvalue weighted by atomic mass is 9.89. The summed E-state index contributed by atoms with van der Waals surface area (Å²) >= 11 is 0. The molecule has 0 aromatic heterocycles. The van der Waals surface area contributed by atoms with Gasteiger partial charge in [0.05, 0.1) is 0 Å². The highest BCUT2D eigenvalue weighted by Gasteiger charge is 2.38. The van der Waals surface area contributed by atoms with Gasteiger partial charge in [-0.15, -0.1) is 12.4 Å². The Morgan fingerprint density at radius 3 is 2.31 bits per heavy atom. The summed E-state index contributed by atoms with van der Waals surface area (Å²) in [5, 5.41) is 3.10. The number of hydrogen-bond donors (Lipinski definition) is 1. The molecule has 0 aromatic rings. The SMILES string of the molecule is CCCC(F)(F)C1CCNCC1.Cl. The molecular formula is C9H18ClF2N. The zero-order chi connectivity index (χ0) is 9.03. The minimum absolute atomic E-state index is 0. The Kier molecular flexibility index (Phi) is 5.81. The first kappa shape index (κ1) is 13.1. The van der Waals surface area contributed by atoms with Gasteiger partial charge in [-0.3, -0.25) is 0 Å². The summed E-state index contributed by atoms with van der Waals surface area (Å²) in [5.74, 6) is -2.80. The second-order valence-electron chi connectivity index (χ2n) is 3.54. The highest BCUT2D eigenvalue weighted by atomic mass is 35.5. The molecule has 1 heterocycles. The maximum Gasteiger partial charge on any atom is 0.251 e. The third-order valence-electron chi connectivity index (χ3n) is 2.52. The van der Waals surface area contributed by atoms with Gasteiger partial charge in [0.2, 0.25) is 0 Å². The van der Waals surface area contributed by atoms with Gasteiger partial charge < -0.3 is 5.32 Å². The number of rotatable bonds is 3. The molecule has 0 bridgehead atoms. The molecule has 13 heavy (non-hydrogen) atoms. The van der Waals surface area contributed by atoms with Gasteiger partial charge in [-0.05, 0) is 25.9 Å². The van der Waals surface area contributed by atoms with E-state index in [1.165, 1.54) is 0 Å². The quantitative estimate of drug-likeness (QED) is 0.760. The largest absolute Gasteiger partial charge is 0.317 e. The van der Waals surface area contributed by atoms with E-state index in [0.717, 1.165) is 13.1 Å². The van der Waals surface area contributed by atoms with Crippen LogP contribution in [0, 0.1) is 5.92 Å². The predicted molar refractivity (Wildman–Crippen MR) is 52.7 cm³/mol. The number of hydrogen-bond acceptors (Lipinski definition) is 1. The van der Waals surface area contributed by atoms with Crippen LogP contribution in [-0.2, 0) is 0 Å². The summed E-state index contributed by atoms with van der Waals surface area (Å²) in [4.78, 5) is 0. The Hall–Kier alpha value is 0.110. The molecule has 0 atom stereocenters. The number of halogens is 3. The molecule has 1 aliphatic heterocycles. The Balaban J connectivity index is 0.00000144. The van der Waals surface area contributed by atoms with Gasteiger partial charge in [-0.25, -0.2) is 8.78 Å². The Bertz CT molecular complexity index is 136. The average molecular weight is 214 g/mol. The third kappa shape index (κ3) is 3.77. The second-order valence-corrected chi connectivity index (χ2v) is 3.54. The van der Waals surface area contributed by atoms with E-state index in [9.17, 15) is 8.78 Å². The maximum atomic E-state index is 13.3. The van der Waals surface area contributed by atoms with Crippen LogP contribution in [0.3, 0.4) is 0 Å². The summed E-state index contributed by atoms with van der Waals surface area (Å²) in [7, 11) is 0. The fourth-order valence-corrected chi connectivity index (χ4v) is 1.78. The van der Waals surface area contributed by atoms with Crippen molar-refractivity contribution in [1.29, 1.82) is 0 Å². The lowest BCUT2D eigenvalue weighted by molar-refractivity contribution is -0.0753. The van der Waals surface area contributed by atoms with Crippen LogP contribution >= 0.6 is 12.4 Å². The van der Waals surface area contributed by atoms with Gasteiger partial charge in [0, 0.05) is 12.3 Å². The van der Waals surface area contributed by atoms with Crippen molar-refractivity contribution in [3.8, 4) is 0 Å². The van der Waals surface area contributed by atoms with Crippen molar-refractivity contribution in [3.63, 3.8) is 0 Å². The molecule has 0 aliphatic carbocycles. The minimum Gasteiger partial charge on any atom is -0.317 e. The molecule has 0 amide bonds. The molecular weight excluding hydrogens is 196 g/mol. The van der Waals surface area contributed by atoms with E-state index in [4.69, 9.17) is 0 Å². The first-order valence-corrected chi connectivity index (χ1v) is 4.75. The molecule has 1 aliphatic rings. The first-order valence-electron chi connectivity index (χ1n) is 4.75. The summed E-state index contributed by atoms with van der Waals surface area (Å²) in [6, 6.07) is 0. The molecule has 0 radical (unpaired) electrons. The highest BCUT2D eigenvalue weighted by molar-refractivity contribution is 5.85. The van der Waals surface area contributed by atoms with E-state index in [0.29, 0.717) is 19.3 Å². The first-order chi connectivity index (χ1) is 5.67. The normalized spacial score (nSPS) is 19.6. The van der Waals surface area contributed by atoms with Crippen LogP contribution in [0.2, 0.25) is 0 Å². The summed E-state index contributed by atoms with van der Waals surface area (Å²) in [6.07, 6.45) is 1.90. The van der Waals surface area contributed by atoms with Crippen molar-refractivity contribution in [1.82, 2.24) is 5.32 Å². The van der Waals surface area contributed by atoms with Crippen LogP contribution in [0.4, 0.5) is 8.78 Å². The van der Waals surface area contributed by atoms with E-state index >= 15 is 0 Å². The topological polar surface area (TPSA) is 12.0 Å². The van der Waals surface area contributed by atoms with Gasteiger partial charge in [-0.1, -0.05) is 13.3 Å². The van der Waals surface area contributed by atoms with Gasteiger partial charge in [0.15, 0.2) is 0 Å². The fraction of sp³-hybridized carbons (Fsp3) is 1.00. The molecule has 1 nitrogen and oxygen atoms in total. The van der Waals surface area contributed by atoms with Crippen LogP contribution in [0.5, 0.6) is 0 Å². The summed E-state index contributed by atoms with van der Waals surface area (Å²) < 4.78 is 26.6. The molecule has 0 saturated carbocycles. The van der Waals surface area contributed by atoms with E-state index in [2.05, 4.69) is 5.32 Å². The number of piperidine rings is 1. The van der Waals surface area contributed by atoms with Crippen LogP contribution in [-0.4, -0.2) is 19.0 Å². The van der Waals surface area contributed by atoms with E-state index in [-0.39, 0.29) is 24.7 Å². The summed E-state index contributed by atoms with van der Waals surface area (Å²) in [5.41, 5.74) is 0. The summed E-state index contributed by atoms with van der Waals surface area (Å²) in [6.45, 7) is 3.32. The lowest BCUT2D eigenvalue weighted by Gasteiger charge is -2.30. The van der Waals surface area contributed by atoms with Crippen molar-refractivity contribution in [3.05, 3.63) is 0 Å². The van der Waals surface area contributed by atoms with Gasteiger partial charge in [0.25, 0.3) is 5.92 Å². The number of alkyl halides is 2. The molecule has 0 spiro atoms. The molecule has 1 N–H and O–H groups in total. The molecule has 1 rings (SSSR count). The van der Waals surface area contributed by atoms with Gasteiger partial charge in [-0.2, -0.15) is 0 Å². The molecule has 80 valence electrons. The molecule has 4 heteroatoms. The monoisotopic (exact) mass is 213 g/mol. The van der Waals surface area contributed by atoms with Crippen molar-refractivity contribution >= 4 is 12.4 Å². The smallest absolute Gasteiger partial charge is 0.251 e. The minimum atomic E-state index is -2.42. The average Bonchev–Trinajstić information content (AvgIpc) is 2.06. The molecule has 0 unspecified atom stereocenters. The van der Waals surface area contributed by atoms with Crippen molar-refractivity contribution in [2.24, 2.45) is 5.92 Å². The third-order valence-corrected chi connectivity index (χ3v) is 2.52. The zero-order valence-electron chi connectivity index (χ0n) is 7.98. The number of nitrogens with one attached hydrogen (secondary N) is 1. The maximum absolute atomic E-state index is 13.3. The molecule has 0 aromatic carbocycles. The van der Waals surface area contributed by atoms with Gasteiger partial charge in [0.1, 0.15) is 0 Å². The Labute approximate surface area is 84.7 Å².